The number of hydrogen-bond acceptors (Lipinski definition) is 2. The van der Waals surface area contributed by atoms with Crippen molar-refractivity contribution in [1.29, 1.82) is 0 Å². The van der Waals surface area contributed by atoms with Crippen LogP contribution >= 0.6 is 11.8 Å². The third-order valence-corrected chi connectivity index (χ3v) is 3.49. The average Bonchev–Trinajstić information content (AvgIpc) is 2.65. The smallest absolute Gasteiger partial charge is 0.286 e. The highest BCUT2D eigenvalue weighted by Gasteiger charge is 2.22. The highest BCUT2D eigenvalue weighted by molar-refractivity contribution is 8.14. The molecule has 15 heavy (non-hydrogen) atoms. The Hall–Kier alpha value is -0.960. The highest BCUT2D eigenvalue weighted by atomic mass is 32.2. The molecule has 1 fully saturated rings. The van der Waals surface area contributed by atoms with Gasteiger partial charge in [0.15, 0.2) is 0 Å². The molecule has 0 atom stereocenters. The van der Waals surface area contributed by atoms with Crippen LogP contribution in [0.2, 0.25) is 0 Å². The molecule has 0 aliphatic carbocycles. The molecule has 1 aliphatic heterocycles. The van der Waals surface area contributed by atoms with E-state index in [1.165, 1.54) is 17.3 Å². The van der Waals surface area contributed by atoms with Crippen molar-refractivity contribution in [1.82, 2.24) is 0 Å². The molecule has 0 saturated carbocycles. The van der Waals surface area contributed by atoms with E-state index in [0.29, 0.717) is 5.92 Å². The van der Waals surface area contributed by atoms with Gasteiger partial charge in [-0.1, -0.05) is 37.7 Å². The summed E-state index contributed by atoms with van der Waals surface area (Å²) in [6.07, 6.45) is 0. The highest BCUT2D eigenvalue weighted by Crippen LogP contribution is 2.26. The summed E-state index contributed by atoms with van der Waals surface area (Å²) < 4.78 is 0. The van der Waals surface area contributed by atoms with Crippen LogP contribution in [0.4, 0.5) is 10.5 Å². The molecule has 1 amide bonds. The summed E-state index contributed by atoms with van der Waals surface area (Å²) in [6.45, 7) is 5.18. The minimum absolute atomic E-state index is 0.173. The van der Waals surface area contributed by atoms with Gasteiger partial charge < -0.3 is 4.90 Å². The fourth-order valence-corrected chi connectivity index (χ4v) is 2.47. The van der Waals surface area contributed by atoms with Gasteiger partial charge in [0.1, 0.15) is 0 Å². The van der Waals surface area contributed by atoms with Crippen LogP contribution in [0, 0.1) is 0 Å². The van der Waals surface area contributed by atoms with Gasteiger partial charge >= 0.3 is 0 Å². The molecule has 1 heterocycles. The molecule has 3 heteroatoms. The monoisotopic (exact) mass is 221 g/mol. The lowest BCUT2D eigenvalue weighted by Crippen LogP contribution is -2.21. The van der Waals surface area contributed by atoms with Crippen LogP contribution in [0.15, 0.2) is 24.3 Å². The van der Waals surface area contributed by atoms with Crippen LogP contribution < -0.4 is 4.90 Å². The van der Waals surface area contributed by atoms with Gasteiger partial charge in [0.2, 0.25) is 0 Å². The second-order valence-electron chi connectivity index (χ2n) is 4.01. The molecule has 1 aromatic carbocycles. The normalized spacial score (nSPS) is 16.5. The van der Waals surface area contributed by atoms with Gasteiger partial charge in [0.05, 0.1) is 0 Å². The van der Waals surface area contributed by atoms with Crippen molar-refractivity contribution >= 4 is 22.7 Å². The fourth-order valence-electron chi connectivity index (χ4n) is 1.67. The number of hydrogen-bond donors (Lipinski definition) is 0. The fraction of sp³-hybridized carbons (Fsp3) is 0.417. The molecule has 1 aliphatic rings. The number of carbonyl (C=O) groups excluding carboxylic acids is 1. The van der Waals surface area contributed by atoms with Crippen LogP contribution in [0.25, 0.3) is 0 Å². The van der Waals surface area contributed by atoms with Crippen molar-refractivity contribution < 1.29 is 4.79 Å². The Morgan fingerprint density at radius 2 is 1.93 bits per heavy atom. The molecular weight excluding hydrogens is 206 g/mol. The number of anilines is 1. The number of thioether (sulfide) groups is 1. The van der Waals surface area contributed by atoms with E-state index < -0.39 is 0 Å². The summed E-state index contributed by atoms with van der Waals surface area (Å²) in [5, 5.41) is 0.173. The maximum Gasteiger partial charge on any atom is 0.286 e. The SMILES string of the molecule is CC(C)c1ccc(N2CCSC2=O)cc1. The van der Waals surface area contributed by atoms with Gasteiger partial charge in [-0.25, -0.2) is 0 Å². The number of amides is 1. The summed E-state index contributed by atoms with van der Waals surface area (Å²) in [7, 11) is 0. The summed E-state index contributed by atoms with van der Waals surface area (Å²) in [5.74, 6) is 1.45. The minimum atomic E-state index is 0.173. The van der Waals surface area contributed by atoms with Crippen molar-refractivity contribution in [3.05, 3.63) is 29.8 Å². The first-order valence-electron chi connectivity index (χ1n) is 5.23. The molecule has 80 valence electrons. The van der Waals surface area contributed by atoms with E-state index in [0.717, 1.165) is 18.0 Å². The van der Waals surface area contributed by atoms with Gasteiger partial charge in [-0.2, -0.15) is 0 Å². The van der Waals surface area contributed by atoms with Gasteiger partial charge in [-0.3, -0.25) is 4.79 Å². The Bertz CT molecular complexity index is 358. The van der Waals surface area contributed by atoms with Crippen LogP contribution in [0.3, 0.4) is 0 Å². The maximum atomic E-state index is 11.5. The zero-order chi connectivity index (χ0) is 10.8. The summed E-state index contributed by atoms with van der Waals surface area (Å²) in [6, 6.07) is 8.30. The minimum Gasteiger partial charge on any atom is -0.302 e. The van der Waals surface area contributed by atoms with Gasteiger partial charge in [0.25, 0.3) is 5.24 Å². The van der Waals surface area contributed by atoms with E-state index in [2.05, 4.69) is 26.0 Å². The predicted octanol–water partition coefficient (Wildman–Crippen LogP) is 3.48. The van der Waals surface area contributed by atoms with E-state index in [1.807, 2.05) is 17.0 Å². The molecule has 0 unspecified atom stereocenters. The van der Waals surface area contributed by atoms with Gasteiger partial charge in [0, 0.05) is 18.0 Å². The molecule has 2 nitrogen and oxygen atoms in total. The first kappa shape index (κ1) is 10.6. The molecule has 1 saturated heterocycles. The lowest BCUT2D eigenvalue weighted by Gasteiger charge is -2.15. The first-order valence-corrected chi connectivity index (χ1v) is 6.21. The van der Waals surface area contributed by atoms with E-state index >= 15 is 0 Å². The van der Waals surface area contributed by atoms with Gasteiger partial charge in [-0.05, 0) is 23.6 Å². The zero-order valence-electron chi connectivity index (χ0n) is 9.06. The molecule has 0 spiro atoms. The summed E-state index contributed by atoms with van der Waals surface area (Å²) in [4.78, 5) is 13.3. The Balaban J connectivity index is 2.19. The van der Waals surface area contributed by atoms with Crippen molar-refractivity contribution in [2.75, 3.05) is 17.2 Å². The summed E-state index contributed by atoms with van der Waals surface area (Å²) >= 11 is 1.40. The lowest BCUT2D eigenvalue weighted by molar-refractivity contribution is 0.266. The molecule has 0 N–H and O–H groups in total. The molecule has 0 bridgehead atoms. The first-order chi connectivity index (χ1) is 7.18. The molecule has 0 aromatic heterocycles. The van der Waals surface area contributed by atoms with Gasteiger partial charge in [-0.15, -0.1) is 0 Å². The second kappa shape index (κ2) is 4.27. The van der Waals surface area contributed by atoms with E-state index in [-0.39, 0.29) is 5.24 Å². The largest absolute Gasteiger partial charge is 0.302 e. The Kier molecular flexibility index (Phi) is 3.00. The quantitative estimate of drug-likeness (QED) is 0.762. The van der Waals surface area contributed by atoms with E-state index in [4.69, 9.17) is 0 Å². The van der Waals surface area contributed by atoms with E-state index in [1.54, 1.807) is 0 Å². The molecular formula is C12H15NOS. The number of nitrogens with zero attached hydrogens (tertiary/aromatic N) is 1. The predicted molar refractivity (Wildman–Crippen MR) is 65.7 cm³/mol. The Labute approximate surface area is 94.7 Å². The van der Waals surface area contributed by atoms with Crippen molar-refractivity contribution in [3.63, 3.8) is 0 Å². The summed E-state index contributed by atoms with van der Waals surface area (Å²) in [5.41, 5.74) is 2.34. The van der Waals surface area contributed by atoms with Crippen LogP contribution in [-0.4, -0.2) is 17.5 Å². The molecule has 1 aromatic rings. The standard InChI is InChI=1S/C12H15NOS/c1-9(2)10-3-5-11(6-4-10)13-7-8-15-12(13)14/h3-6,9H,7-8H2,1-2H3. The van der Waals surface area contributed by atoms with Crippen molar-refractivity contribution in [2.24, 2.45) is 0 Å². The van der Waals surface area contributed by atoms with E-state index in [9.17, 15) is 4.79 Å². The average molecular weight is 221 g/mol. The maximum absolute atomic E-state index is 11.5. The molecule has 2 rings (SSSR count). The van der Waals surface area contributed by atoms with Crippen LogP contribution in [0.1, 0.15) is 25.3 Å². The van der Waals surface area contributed by atoms with Crippen molar-refractivity contribution in [2.45, 2.75) is 19.8 Å². The lowest BCUT2D eigenvalue weighted by atomic mass is 10.0. The number of benzene rings is 1. The Morgan fingerprint density at radius 3 is 2.40 bits per heavy atom. The Morgan fingerprint density at radius 1 is 1.27 bits per heavy atom. The molecule has 0 radical (unpaired) electrons. The third kappa shape index (κ3) is 2.17. The zero-order valence-corrected chi connectivity index (χ0v) is 9.88. The van der Waals surface area contributed by atoms with Crippen LogP contribution in [0.5, 0.6) is 0 Å². The van der Waals surface area contributed by atoms with Crippen LogP contribution in [-0.2, 0) is 0 Å². The third-order valence-electron chi connectivity index (χ3n) is 2.63. The number of carbonyl (C=O) groups is 1. The van der Waals surface area contributed by atoms with Crippen molar-refractivity contribution in [3.8, 4) is 0 Å². The second-order valence-corrected chi connectivity index (χ2v) is 5.06. The topological polar surface area (TPSA) is 20.3 Å². The number of rotatable bonds is 2.